The number of benzene rings is 2. The van der Waals surface area contributed by atoms with Gasteiger partial charge < -0.3 is 9.84 Å². The van der Waals surface area contributed by atoms with Crippen LogP contribution >= 0.6 is 0 Å². The van der Waals surface area contributed by atoms with E-state index in [1.807, 2.05) is 12.1 Å². The highest BCUT2D eigenvalue weighted by Gasteiger charge is 2.23. The monoisotopic (exact) mass is 430 g/mol. The molecule has 1 aliphatic carbocycles. The summed E-state index contributed by atoms with van der Waals surface area (Å²) in [6.45, 7) is 5.51. The third kappa shape index (κ3) is 5.79. The van der Waals surface area contributed by atoms with Crippen LogP contribution < -0.4 is 4.74 Å². The summed E-state index contributed by atoms with van der Waals surface area (Å²) in [5.74, 6) is -1.29. The van der Waals surface area contributed by atoms with E-state index in [0.717, 1.165) is 25.7 Å². The highest BCUT2D eigenvalue weighted by atomic mass is 19.2. The number of aliphatic hydroxyl groups excluding tert-OH is 1. The molecular formula is C26H29F3O2. The van der Waals surface area contributed by atoms with Crippen molar-refractivity contribution in [2.75, 3.05) is 6.61 Å². The molecule has 1 unspecified atom stereocenters. The lowest BCUT2D eigenvalue weighted by atomic mass is 9.78. The van der Waals surface area contributed by atoms with Crippen molar-refractivity contribution in [2.24, 2.45) is 5.92 Å². The zero-order valence-corrected chi connectivity index (χ0v) is 17.8. The van der Waals surface area contributed by atoms with Crippen LogP contribution in [0.2, 0.25) is 0 Å². The van der Waals surface area contributed by atoms with Gasteiger partial charge in [0.15, 0.2) is 11.6 Å². The molecule has 2 aromatic rings. The standard InChI is InChI=1S/C26H29F3O2/c1-3-4-15-31-21-12-14-23(24(27)16-21)19-8-5-18(6-9-19)7-10-20-11-13-22(17(2)30)26(29)25(20)28/h3,7,10-14,16-19,30H,1,4-6,8-9,15H2,2H3/b10-7+. The first-order valence-corrected chi connectivity index (χ1v) is 10.8. The van der Waals surface area contributed by atoms with Gasteiger partial charge in [0.05, 0.1) is 12.7 Å². The Kier molecular flexibility index (Phi) is 7.97. The molecule has 0 bridgehead atoms. The SMILES string of the molecule is C=CCCOc1ccc(C2CCC(/C=C/c3ccc(C(C)O)c(F)c3F)CC2)c(F)c1. The maximum atomic E-state index is 14.6. The van der Waals surface area contributed by atoms with Crippen molar-refractivity contribution in [1.29, 1.82) is 0 Å². The van der Waals surface area contributed by atoms with Gasteiger partial charge in [-0.2, -0.15) is 0 Å². The third-order valence-electron chi connectivity index (χ3n) is 5.91. The Bertz CT molecular complexity index is 928. The van der Waals surface area contributed by atoms with Crippen molar-refractivity contribution in [3.05, 3.63) is 83.2 Å². The Morgan fingerprint density at radius 3 is 2.48 bits per heavy atom. The quantitative estimate of drug-likeness (QED) is 0.358. The molecule has 1 aliphatic rings. The summed E-state index contributed by atoms with van der Waals surface area (Å²) in [6, 6.07) is 7.95. The van der Waals surface area contributed by atoms with E-state index in [0.29, 0.717) is 24.3 Å². The highest BCUT2D eigenvalue weighted by molar-refractivity contribution is 5.51. The Morgan fingerprint density at radius 1 is 1.10 bits per heavy atom. The first-order valence-electron chi connectivity index (χ1n) is 10.8. The van der Waals surface area contributed by atoms with Crippen LogP contribution in [-0.4, -0.2) is 11.7 Å². The normalized spacial score (nSPS) is 20.0. The molecule has 2 aromatic carbocycles. The zero-order chi connectivity index (χ0) is 22.4. The largest absolute Gasteiger partial charge is 0.493 e. The van der Waals surface area contributed by atoms with Gasteiger partial charge in [0.25, 0.3) is 0 Å². The molecule has 0 aromatic heterocycles. The summed E-state index contributed by atoms with van der Waals surface area (Å²) in [4.78, 5) is 0. The van der Waals surface area contributed by atoms with Crippen molar-refractivity contribution in [3.63, 3.8) is 0 Å². The van der Waals surface area contributed by atoms with Gasteiger partial charge in [-0.05, 0) is 62.5 Å². The fourth-order valence-corrected chi connectivity index (χ4v) is 4.08. The van der Waals surface area contributed by atoms with Crippen molar-refractivity contribution < 1.29 is 23.0 Å². The highest BCUT2D eigenvalue weighted by Crippen LogP contribution is 2.38. The maximum absolute atomic E-state index is 14.6. The van der Waals surface area contributed by atoms with Gasteiger partial charge in [0.2, 0.25) is 0 Å². The Morgan fingerprint density at radius 2 is 1.84 bits per heavy atom. The molecule has 0 radical (unpaired) electrons. The van der Waals surface area contributed by atoms with Gasteiger partial charge in [-0.15, -0.1) is 6.58 Å². The average Bonchev–Trinajstić information content (AvgIpc) is 2.75. The van der Waals surface area contributed by atoms with Crippen molar-refractivity contribution in [1.82, 2.24) is 0 Å². The predicted molar refractivity (Wildman–Crippen MR) is 117 cm³/mol. The van der Waals surface area contributed by atoms with Crippen LogP contribution in [0.25, 0.3) is 6.08 Å². The number of aliphatic hydroxyl groups is 1. The van der Waals surface area contributed by atoms with Gasteiger partial charge >= 0.3 is 0 Å². The molecule has 0 heterocycles. The van der Waals surface area contributed by atoms with Crippen molar-refractivity contribution >= 4 is 6.08 Å². The number of allylic oxidation sites excluding steroid dienone is 1. The fourth-order valence-electron chi connectivity index (χ4n) is 4.08. The van der Waals surface area contributed by atoms with Crippen LogP contribution in [0.4, 0.5) is 13.2 Å². The minimum Gasteiger partial charge on any atom is -0.493 e. The minimum atomic E-state index is -1.06. The van der Waals surface area contributed by atoms with Gasteiger partial charge in [0.1, 0.15) is 11.6 Å². The van der Waals surface area contributed by atoms with E-state index in [4.69, 9.17) is 4.74 Å². The molecule has 5 heteroatoms. The Hall–Kier alpha value is -2.53. The summed E-state index contributed by atoms with van der Waals surface area (Å²) in [7, 11) is 0. The predicted octanol–water partition coefficient (Wildman–Crippen LogP) is 7.10. The maximum Gasteiger partial charge on any atom is 0.166 e. The van der Waals surface area contributed by atoms with E-state index >= 15 is 0 Å². The van der Waals surface area contributed by atoms with E-state index in [1.54, 1.807) is 18.2 Å². The topological polar surface area (TPSA) is 29.5 Å². The van der Waals surface area contributed by atoms with Gasteiger partial charge in [0, 0.05) is 17.2 Å². The van der Waals surface area contributed by atoms with Crippen LogP contribution in [0.1, 0.15) is 67.7 Å². The smallest absolute Gasteiger partial charge is 0.166 e. The second-order valence-corrected chi connectivity index (χ2v) is 8.13. The molecule has 1 N–H and O–H groups in total. The second-order valence-electron chi connectivity index (χ2n) is 8.13. The molecule has 31 heavy (non-hydrogen) atoms. The summed E-state index contributed by atoms with van der Waals surface area (Å²) in [6.07, 6.45) is 8.29. The van der Waals surface area contributed by atoms with Crippen LogP contribution in [-0.2, 0) is 0 Å². The molecule has 0 amide bonds. The zero-order valence-electron chi connectivity index (χ0n) is 17.8. The minimum absolute atomic E-state index is 0.0469. The third-order valence-corrected chi connectivity index (χ3v) is 5.91. The van der Waals surface area contributed by atoms with Gasteiger partial charge in [-0.3, -0.25) is 0 Å². The summed E-state index contributed by atoms with van der Waals surface area (Å²) in [5, 5.41) is 9.49. The molecule has 0 spiro atoms. The average molecular weight is 431 g/mol. The van der Waals surface area contributed by atoms with Crippen molar-refractivity contribution in [3.8, 4) is 5.75 Å². The summed E-state index contributed by atoms with van der Waals surface area (Å²) >= 11 is 0. The van der Waals surface area contributed by atoms with Gasteiger partial charge in [-0.25, -0.2) is 13.2 Å². The van der Waals surface area contributed by atoms with Gasteiger partial charge in [-0.1, -0.05) is 36.4 Å². The second kappa shape index (κ2) is 10.7. The molecule has 166 valence electrons. The number of hydrogen-bond acceptors (Lipinski definition) is 2. The molecule has 0 aliphatic heterocycles. The molecule has 1 saturated carbocycles. The first-order chi connectivity index (χ1) is 14.9. The van der Waals surface area contributed by atoms with E-state index in [2.05, 4.69) is 6.58 Å². The summed E-state index contributed by atoms with van der Waals surface area (Å²) in [5.41, 5.74) is 0.830. The Labute approximate surface area is 182 Å². The molecule has 1 atom stereocenters. The van der Waals surface area contributed by atoms with Crippen LogP contribution in [0.5, 0.6) is 5.75 Å². The summed E-state index contributed by atoms with van der Waals surface area (Å²) < 4.78 is 48.4. The van der Waals surface area contributed by atoms with E-state index in [9.17, 15) is 18.3 Å². The van der Waals surface area contributed by atoms with E-state index in [-0.39, 0.29) is 28.8 Å². The van der Waals surface area contributed by atoms with Crippen LogP contribution in [0.3, 0.4) is 0 Å². The molecular weight excluding hydrogens is 401 g/mol. The lowest BCUT2D eigenvalue weighted by molar-refractivity contribution is 0.192. The molecule has 3 rings (SSSR count). The first kappa shape index (κ1) is 23.1. The molecule has 1 fully saturated rings. The van der Waals surface area contributed by atoms with Crippen molar-refractivity contribution in [2.45, 2.75) is 51.0 Å². The fraction of sp³-hybridized carbons (Fsp3) is 0.385. The number of halogens is 3. The number of hydrogen-bond donors (Lipinski definition) is 1. The number of rotatable bonds is 8. The lowest BCUT2D eigenvalue weighted by Gasteiger charge is -2.27. The van der Waals surface area contributed by atoms with Crippen LogP contribution in [0.15, 0.2) is 49.1 Å². The number of ether oxygens (including phenoxy) is 1. The van der Waals surface area contributed by atoms with Crippen LogP contribution in [0, 0.1) is 23.4 Å². The van der Waals surface area contributed by atoms with E-state index < -0.39 is 17.7 Å². The Balaban J connectivity index is 1.59. The lowest BCUT2D eigenvalue weighted by Crippen LogP contribution is -2.13. The van der Waals surface area contributed by atoms with E-state index in [1.165, 1.54) is 25.1 Å². The molecule has 0 saturated heterocycles. The molecule has 2 nitrogen and oxygen atoms in total.